The Bertz CT molecular complexity index is 1150. The van der Waals surface area contributed by atoms with Gasteiger partial charge >= 0.3 is 5.97 Å². The lowest BCUT2D eigenvalue weighted by Crippen LogP contribution is -2.09. The zero-order chi connectivity index (χ0) is 19.8. The fourth-order valence-electron chi connectivity index (χ4n) is 3.48. The van der Waals surface area contributed by atoms with Gasteiger partial charge in [0.05, 0.1) is 17.1 Å². The predicted octanol–water partition coefficient (Wildman–Crippen LogP) is 4.77. The largest absolute Gasteiger partial charge is 0.491 e. The van der Waals surface area contributed by atoms with Gasteiger partial charge in [-0.2, -0.15) is 0 Å². The molecule has 0 radical (unpaired) electrons. The van der Waals surface area contributed by atoms with Crippen molar-refractivity contribution in [2.75, 3.05) is 0 Å². The highest BCUT2D eigenvalue weighted by molar-refractivity contribution is 5.94. The van der Waals surface area contributed by atoms with Crippen molar-refractivity contribution in [1.29, 1.82) is 0 Å². The fraction of sp³-hybridized carbons (Fsp3) is 0.217. The van der Waals surface area contributed by atoms with Gasteiger partial charge in [-0.15, -0.1) is 0 Å². The molecular formula is C23H20O5. The molecule has 0 amide bonds. The molecule has 0 unspecified atom stereocenters. The monoisotopic (exact) mass is 376 g/mol. The topological polar surface area (TPSA) is 76.7 Å². The van der Waals surface area contributed by atoms with Crippen molar-refractivity contribution in [3.8, 4) is 5.75 Å². The minimum Gasteiger partial charge on any atom is -0.491 e. The van der Waals surface area contributed by atoms with Crippen molar-refractivity contribution in [2.24, 2.45) is 0 Å². The van der Waals surface area contributed by atoms with Gasteiger partial charge in [-0.25, -0.2) is 4.79 Å². The van der Waals surface area contributed by atoms with Gasteiger partial charge in [-0.1, -0.05) is 12.1 Å². The SMILES string of the molecule is CC(C)Oc1ccc(C=C2CCc3c2oc2ccc(C(=O)O)cc2c3=O)cc1. The molecule has 3 aromatic rings. The highest BCUT2D eigenvalue weighted by atomic mass is 16.5. The summed E-state index contributed by atoms with van der Waals surface area (Å²) in [7, 11) is 0. The Morgan fingerprint density at radius 1 is 1.14 bits per heavy atom. The number of carboxylic acid groups (broad SMARTS) is 1. The number of allylic oxidation sites excluding steroid dienone is 1. The van der Waals surface area contributed by atoms with Crippen LogP contribution in [0.4, 0.5) is 0 Å². The lowest BCUT2D eigenvalue weighted by Gasteiger charge is -2.09. The number of carbonyl (C=O) groups is 1. The number of benzene rings is 2. The molecule has 1 aliphatic carbocycles. The van der Waals surface area contributed by atoms with E-state index in [9.17, 15) is 9.59 Å². The zero-order valence-electron chi connectivity index (χ0n) is 15.7. The molecule has 0 aliphatic heterocycles. The van der Waals surface area contributed by atoms with Crippen LogP contribution in [0, 0.1) is 0 Å². The van der Waals surface area contributed by atoms with Crippen LogP contribution in [0.2, 0.25) is 0 Å². The summed E-state index contributed by atoms with van der Waals surface area (Å²) in [5.74, 6) is 0.353. The van der Waals surface area contributed by atoms with Crippen molar-refractivity contribution in [3.63, 3.8) is 0 Å². The quantitative estimate of drug-likeness (QED) is 0.710. The standard InChI is InChI=1S/C23H20O5/c1-13(2)27-17-7-3-14(4-8-17)11-15-5-9-18-21(24)19-12-16(23(25)26)6-10-20(19)28-22(15)18/h3-4,6-8,10-13H,5,9H2,1-2H3,(H,25,26). The normalized spacial score (nSPS) is 14.6. The summed E-state index contributed by atoms with van der Waals surface area (Å²) in [6.07, 6.45) is 3.44. The second-order valence-electron chi connectivity index (χ2n) is 7.16. The molecule has 5 heteroatoms. The maximum Gasteiger partial charge on any atom is 0.335 e. The number of aromatic carboxylic acids is 1. The van der Waals surface area contributed by atoms with E-state index in [2.05, 4.69) is 0 Å². The van der Waals surface area contributed by atoms with Gasteiger partial charge < -0.3 is 14.3 Å². The highest BCUT2D eigenvalue weighted by Gasteiger charge is 2.24. The molecule has 0 atom stereocenters. The summed E-state index contributed by atoms with van der Waals surface area (Å²) >= 11 is 0. The third-order valence-electron chi connectivity index (χ3n) is 4.76. The van der Waals surface area contributed by atoms with Crippen molar-refractivity contribution in [3.05, 3.63) is 75.1 Å². The van der Waals surface area contributed by atoms with Gasteiger partial charge in [0.1, 0.15) is 17.1 Å². The van der Waals surface area contributed by atoms with Crippen LogP contribution in [0.25, 0.3) is 22.6 Å². The number of hydrogen-bond donors (Lipinski definition) is 1. The van der Waals surface area contributed by atoms with Crippen LogP contribution in [0.5, 0.6) is 5.75 Å². The number of carboxylic acids is 1. The lowest BCUT2D eigenvalue weighted by molar-refractivity contribution is 0.0697. The Morgan fingerprint density at radius 3 is 2.57 bits per heavy atom. The summed E-state index contributed by atoms with van der Waals surface area (Å²) < 4.78 is 11.7. The zero-order valence-corrected chi connectivity index (χ0v) is 15.7. The molecule has 0 saturated carbocycles. The Hall–Kier alpha value is -3.34. The van der Waals surface area contributed by atoms with E-state index in [0.29, 0.717) is 35.1 Å². The van der Waals surface area contributed by atoms with Crippen LogP contribution >= 0.6 is 0 Å². The maximum absolute atomic E-state index is 12.8. The summed E-state index contributed by atoms with van der Waals surface area (Å²) in [5.41, 5.74) is 2.92. The molecule has 28 heavy (non-hydrogen) atoms. The molecule has 0 bridgehead atoms. The van der Waals surface area contributed by atoms with E-state index in [1.807, 2.05) is 44.2 Å². The molecule has 2 aromatic carbocycles. The Balaban J connectivity index is 1.73. The van der Waals surface area contributed by atoms with Gasteiger partial charge in [-0.3, -0.25) is 4.79 Å². The second-order valence-corrected chi connectivity index (χ2v) is 7.16. The minimum absolute atomic E-state index is 0.0808. The first-order chi connectivity index (χ1) is 13.4. The number of rotatable bonds is 4. The smallest absolute Gasteiger partial charge is 0.335 e. The first kappa shape index (κ1) is 18.0. The van der Waals surface area contributed by atoms with Gasteiger partial charge in [0, 0.05) is 5.56 Å². The number of fused-ring (bicyclic) bond motifs is 2. The Kier molecular flexibility index (Phi) is 4.51. The molecule has 0 fully saturated rings. The third-order valence-corrected chi connectivity index (χ3v) is 4.76. The van der Waals surface area contributed by atoms with Crippen LogP contribution < -0.4 is 10.2 Å². The van der Waals surface area contributed by atoms with E-state index in [-0.39, 0.29) is 17.1 Å². The van der Waals surface area contributed by atoms with E-state index in [1.54, 1.807) is 6.07 Å². The number of ether oxygens (including phenoxy) is 1. The minimum atomic E-state index is -1.06. The summed E-state index contributed by atoms with van der Waals surface area (Å²) in [5, 5.41) is 9.47. The van der Waals surface area contributed by atoms with E-state index < -0.39 is 5.97 Å². The van der Waals surface area contributed by atoms with Crippen LogP contribution in [0.3, 0.4) is 0 Å². The average Bonchev–Trinajstić information content (AvgIpc) is 3.06. The van der Waals surface area contributed by atoms with Crippen molar-refractivity contribution in [2.45, 2.75) is 32.8 Å². The Labute approximate surface area is 161 Å². The molecule has 4 rings (SSSR count). The average molecular weight is 376 g/mol. The maximum atomic E-state index is 12.8. The fourth-order valence-corrected chi connectivity index (χ4v) is 3.48. The summed E-state index contributed by atoms with van der Waals surface area (Å²) in [6.45, 7) is 3.97. The van der Waals surface area contributed by atoms with E-state index in [0.717, 1.165) is 16.9 Å². The van der Waals surface area contributed by atoms with Gasteiger partial charge in [0.2, 0.25) is 0 Å². The first-order valence-electron chi connectivity index (χ1n) is 9.23. The molecule has 5 nitrogen and oxygen atoms in total. The van der Waals surface area contributed by atoms with Gasteiger partial charge in [0.15, 0.2) is 5.43 Å². The van der Waals surface area contributed by atoms with Crippen LogP contribution in [-0.4, -0.2) is 17.2 Å². The molecular weight excluding hydrogens is 356 g/mol. The highest BCUT2D eigenvalue weighted by Crippen LogP contribution is 2.34. The second kappa shape index (κ2) is 7.00. The summed E-state index contributed by atoms with van der Waals surface area (Å²) in [6, 6.07) is 12.2. The van der Waals surface area contributed by atoms with Crippen molar-refractivity contribution < 1.29 is 19.1 Å². The first-order valence-corrected chi connectivity index (χ1v) is 9.23. The third kappa shape index (κ3) is 3.31. The Morgan fingerprint density at radius 2 is 1.89 bits per heavy atom. The van der Waals surface area contributed by atoms with Crippen molar-refractivity contribution >= 4 is 28.6 Å². The molecule has 1 aromatic heterocycles. The van der Waals surface area contributed by atoms with Crippen molar-refractivity contribution in [1.82, 2.24) is 0 Å². The molecule has 1 N–H and O–H groups in total. The summed E-state index contributed by atoms with van der Waals surface area (Å²) in [4.78, 5) is 24.0. The van der Waals surface area contributed by atoms with Gasteiger partial charge in [-0.05, 0) is 74.2 Å². The number of hydrogen-bond acceptors (Lipinski definition) is 4. The molecule has 0 spiro atoms. The van der Waals surface area contributed by atoms with Crippen LogP contribution in [-0.2, 0) is 6.42 Å². The van der Waals surface area contributed by atoms with Gasteiger partial charge in [0.25, 0.3) is 0 Å². The molecule has 0 saturated heterocycles. The lowest BCUT2D eigenvalue weighted by atomic mass is 10.1. The van der Waals surface area contributed by atoms with E-state index in [1.165, 1.54) is 12.1 Å². The van der Waals surface area contributed by atoms with Crippen LogP contribution in [0.15, 0.2) is 51.7 Å². The van der Waals surface area contributed by atoms with Crippen LogP contribution in [0.1, 0.15) is 47.5 Å². The predicted molar refractivity (Wildman–Crippen MR) is 108 cm³/mol. The molecule has 1 aliphatic rings. The van der Waals surface area contributed by atoms with E-state index in [4.69, 9.17) is 14.3 Å². The van der Waals surface area contributed by atoms with E-state index >= 15 is 0 Å². The molecule has 1 heterocycles. The molecule has 142 valence electrons.